The maximum atomic E-state index is 12.4. The number of hydrogen-bond donors (Lipinski definition) is 1. The van der Waals surface area contributed by atoms with Crippen molar-refractivity contribution in [3.63, 3.8) is 0 Å². The first-order chi connectivity index (χ1) is 11.5. The van der Waals surface area contributed by atoms with Crippen LogP contribution in [0.5, 0.6) is 0 Å². The first kappa shape index (κ1) is 16.4. The number of nitrogens with zero attached hydrogens (tertiary/aromatic N) is 1. The van der Waals surface area contributed by atoms with Gasteiger partial charge in [-0.3, -0.25) is 4.98 Å². The Labute approximate surface area is 141 Å². The summed E-state index contributed by atoms with van der Waals surface area (Å²) in [6, 6.07) is 12.5. The van der Waals surface area contributed by atoms with Gasteiger partial charge >= 0.3 is 0 Å². The molecule has 2 aromatic heterocycles. The smallest absolute Gasteiger partial charge is 0.241 e. The molecule has 0 spiro atoms. The van der Waals surface area contributed by atoms with E-state index in [1.807, 2.05) is 25.1 Å². The fourth-order valence-corrected chi connectivity index (χ4v) is 3.70. The number of aryl methyl sites for hydroxylation is 2. The molecular formula is C18H18N2O3S. The summed E-state index contributed by atoms with van der Waals surface area (Å²) in [6.07, 6.45) is 3.23. The van der Waals surface area contributed by atoms with Crippen LogP contribution in [-0.2, 0) is 16.6 Å². The molecule has 0 bridgehead atoms. The Morgan fingerprint density at radius 1 is 1.12 bits per heavy atom. The van der Waals surface area contributed by atoms with E-state index in [0.29, 0.717) is 16.3 Å². The van der Waals surface area contributed by atoms with Gasteiger partial charge in [-0.05, 0) is 49.2 Å². The van der Waals surface area contributed by atoms with Crippen LogP contribution in [-0.4, -0.2) is 13.4 Å². The summed E-state index contributed by atoms with van der Waals surface area (Å²) in [4.78, 5) is 4.59. The van der Waals surface area contributed by atoms with Crippen molar-refractivity contribution in [2.45, 2.75) is 25.3 Å². The molecule has 0 fully saturated rings. The van der Waals surface area contributed by atoms with Crippen molar-refractivity contribution in [1.82, 2.24) is 9.71 Å². The fraction of sp³-hybridized carbons (Fsp3) is 0.167. The predicted molar refractivity (Wildman–Crippen MR) is 91.9 cm³/mol. The third-order valence-corrected chi connectivity index (χ3v) is 5.25. The van der Waals surface area contributed by atoms with Gasteiger partial charge in [0.1, 0.15) is 5.69 Å². The van der Waals surface area contributed by atoms with Gasteiger partial charge in [-0.15, -0.1) is 0 Å². The lowest BCUT2D eigenvalue weighted by Crippen LogP contribution is -2.24. The summed E-state index contributed by atoms with van der Waals surface area (Å²) < 4.78 is 32.8. The zero-order valence-corrected chi connectivity index (χ0v) is 14.3. The van der Waals surface area contributed by atoms with Crippen LogP contribution in [0.2, 0.25) is 0 Å². The van der Waals surface area contributed by atoms with Crippen molar-refractivity contribution in [3.8, 4) is 11.5 Å². The highest BCUT2D eigenvalue weighted by Crippen LogP contribution is 2.18. The second kappa shape index (κ2) is 6.59. The quantitative estimate of drug-likeness (QED) is 0.771. The van der Waals surface area contributed by atoms with Gasteiger partial charge in [0.15, 0.2) is 5.76 Å². The predicted octanol–water partition coefficient (Wildman–Crippen LogP) is 3.44. The maximum Gasteiger partial charge on any atom is 0.241 e. The van der Waals surface area contributed by atoms with Gasteiger partial charge in [0.05, 0.1) is 11.2 Å². The van der Waals surface area contributed by atoms with Crippen LogP contribution in [0.3, 0.4) is 0 Å². The molecule has 3 aromatic rings. The van der Waals surface area contributed by atoms with E-state index in [1.54, 1.807) is 43.6 Å². The average molecular weight is 342 g/mol. The van der Waals surface area contributed by atoms with E-state index in [1.165, 1.54) is 0 Å². The molecule has 0 aliphatic heterocycles. The Balaban J connectivity index is 1.73. The minimum absolute atomic E-state index is 0.182. The van der Waals surface area contributed by atoms with Gasteiger partial charge in [-0.25, -0.2) is 13.1 Å². The molecule has 24 heavy (non-hydrogen) atoms. The minimum atomic E-state index is -3.56. The van der Waals surface area contributed by atoms with Crippen molar-refractivity contribution in [3.05, 3.63) is 71.6 Å². The second-order valence-corrected chi connectivity index (χ2v) is 7.36. The lowest BCUT2D eigenvalue weighted by molar-refractivity contribution is 0.578. The standard InChI is InChI=1S/C18H18N2O3S/c1-13-5-8-18(14(2)10-13)24(21,22)20-12-15-6-7-16(19-11-15)17-4-3-9-23-17/h3-11,20H,12H2,1-2H3. The summed E-state index contributed by atoms with van der Waals surface area (Å²) in [6.45, 7) is 3.91. The minimum Gasteiger partial charge on any atom is -0.463 e. The molecular weight excluding hydrogens is 324 g/mol. The van der Waals surface area contributed by atoms with Gasteiger partial charge in [0, 0.05) is 12.7 Å². The maximum absolute atomic E-state index is 12.4. The molecule has 3 rings (SSSR count). The third kappa shape index (κ3) is 3.55. The number of aromatic nitrogens is 1. The molecule has 6 heteroatoms. The number of nitrogens with one attached hydrogen (secondary N) is 1. The Bertz CT molecular complexity index is 931. The van der Waals surface area contributed by atoms with Crippen LogP contribution in [0, 0.1) is 13.8 Å². The van der Waals surface area contributed by atoms with Crippen molar-refractivity contribution < 1.29 is 12.8 Å². The summed E-state index contributed by atoms with van der Waals surface area (Å²) in [5, 5.41) is 0. The van der Waals surface area contributed by atoms with Crippen LogP contribution in [0.1, 0.15) is 16.7 Å². The van der Waals surface area contributed by atoms with Crippen molar-refractivity contribution in [1.29, 1.82) is 0 Å². The molecule has 0 aliphatic carbocycles. The SMILES string of the molecule is Cc1ccc(S(=O)(=O)NCc2ccc(-c3ccco3)nc2)c(C)c1. The molecule has 1 aromatic carbocycles. The van der Waals surface area contributed by atoms with Crippen LogP contribution in [0.4, 0.5) is 0 Å². The molecule has 0 amide bonds. The van der Waals surface area contributed by atoms with Crippen LogP contribution >= 0.6 is 0 Å². The molecule has 0 saturated carbocycles. The number of rotatable bonds is 5. The van der Waals surface area contributed by atoms with Gasteiger partial charge in [0.2, 0.25) is 10.0 Å². The number of benzene rings is 1. The van der Waals surface area contributed by atoms with E-state index in [9.17, 15) is 8.42 Å². The van der Waals surface area contributed by atoms with Crippen molar-refractivity contribution in [2.75, 3.05) is 0 Å². The summed E-state index contributed by atoms with van der Waals surface area (Å²) in [7, 11) is -3.56. The highest BCUT2D eigenvalue weighted by molar-refractivity contribution is 7.89. The van der Waals surface area contributed by atoms with Crippen LogP contribution in [0.25, 0.3) is 11.5 Å². The summed E-state index contributed by atoms with van der Waals surface area (Å²) in [5.41, 5.74) is 3.25. The van der Waals surface area contributed by atoms with Crippen LogP contribution in [0.15, 0.2) is 64.2 Å². The molecule has 0 unspecified atom stereocenters. The van der Waals surface area contributed by atoms with Gasteiger partial charge in [0.25, 0.3) is 0 Å². The van der Waals surface area contributed by atoms with Gasteiger partial charge < -0.3 is 4.42 Å². The molecule has 2 heterocycles. The molecule has 0 saturated heterocycles. The Kier molecular flexibility index (Phi) is 4.51. The topological polar surface area (TPSA) is 72.2 Å². The van der Waals surface area contributed by atoms with Crippen molar-refractivity contribution in [2.24, 2.45) is 0 Å². The lowest BCUT2D eigenvalue weighted by Gasteiger charge is -2.10. The number of pyridine rings is 1. The van der Waals surface area contributed by atoms with Gasteiger partial charge in [-0.1, -0.05) is 23.8 Å². The zero-order chi connectivity index (χ0) is 17.2. The normalized spacial score (nSPS) is 11.6. The van der Waals surface area contributed by atoms with E-state index in [4.69, 9.17) is 4.42 Å². The molecule has 0 aliphatic rings. The molecule has 0 atom stereocenters. The van der Waals surface area contributed by atoms with E-state index in [2.05, 4.69) is 9.71 Å². The first-order valence-electron chi connectivity index (χ1n) is 7.51. The van der Waals surface area contributed by atoms with E-state index >= 15 is 0 Å². The molecule has 124 valence electrons. The average Bonchev–Trinajstić information content (AvgIpc) is 3.07. The molecule has 5 nitrogen and oxygen atoms in total. The van der Waals surface area contributed by atoms with Crippen LogP contribution < -0.4 is 4.72 Å². The highest BCUT2D eigenvalue weighted by Gasteiger charge is 2.16. The fourth-order valence-electron chi connectivity index (χ4n) is 2.46. The van der Waals surface area contributed by atoms with Gasteiger partial charge in [-0.2, -0.15) is 0 Å². The highest BCUT2D eigenvalue weighted by atomic mass is 32.2. The first-order valence-corrected chi connectivity index (χ1v) is 9.00. The monoisotopic (exact) mass is 342 g/mol. The Hall–Kier alpha value is -2.44. The number of sulfonamides is 1. The van der Waals surface area contributed by atoms with E-state index < -0.39 is 10.0 Å². The third-order valence-electron chi connectivity index (χ3n) is 3.68. The molecule has 1 N–H and O–H groups in total. The Morgan fingerprint density at radius 2 is 1.96 bits per heavy atom. The number of hydrogen-bond acceptors (Lipinski definition) is 4. The largest absolute Gasteiger partial charge is 0.463 e. The summed E-state index contributed by atoms with van der Waals surface area (Å²) in [5.74, 6) is 0.678. The van der Waals surface area contributed by atoms with E-state index in [0.717, 1.165) is 16.7 Å². The van der Waals surface area contributed by atoms with E-state index in [-0.39, 0.29) is 6.54 Å². The Morgan fingerprint density at radius 3 is 2.58 bits per heavy atom. The zero-order valence-electron chi connectivity index (χ0n) is 13.5. The second-order valence-electron chi connectivity index (χ2n) is 5.62. The number of furan rings is 1. The molecule has 0 radical (unpaired) electrons. The summed E-state index contributed by atoms with van der Waals surface area (Å²) >= 11 is 0. The lowest BCUT2D eigenvalue weighted by atomic mass is 10.2. The van der Waals surface area contributed by atoms with Crippen molar-refractivity contribution >= 4 is 10.0 Å².